The smallest absolute Gasteiger partial charge is 0.119 e. The zero-order chi connectivity index (χ0) is 15.4. The molecule has 0 aliphatic carbocycles. The molecule has 0 fully saturated rings. The van der Waals surface area contributed by atoms with Crippen molar-refractivity contribution < 1.29 is 9.47 Å². The molecular weight excluding hydrogens is 274 g/mol. The van der Waals surface area contributed by atoms with Crippen LogP contribution in [0.2, 0.25) is 0 Å². The fourth-order valence-electron chi connectivity index (χ4n) is 2.32. The standard InChI is InChI=1S/C19H17NO2/c1-21-17-7-3-5-14(11-17)16-9-10-19(20-13-16)15-6-4-8-18(12-15)22-2/h3-13H,1-2H3. The van der Waals surface area contributed by atoms with E-state index in [4.69, 9.17) is 9.47 Å². The molecule has 0 saturated heterocycles. The van der Waals surface area contributed by atoms with Crippen molar-refractivity contribution in [2.45, 2.75) is 0 Å². The lowest BCUT2D eigenvalue weighted by Crippen LogP contribution is -1.88. The summed E-state index contributed by atoms with van der Waals surface area (Å²) in [7, 11) is 3.34. The predicted molar refractivity (Wildman–Crippen MR) is 88.2 cm³/mol. The molecular formula is C19H17NO2. The molecule has 0 aliphatic rings. The van der Waals surface area contributed by atoms with E-state index in [1.165, 1.54) is 0 Å². The molecule has 2 aromatic carbocycles. The second-order valence-corrected chi connectivity index (χ2v) is 4.90. The van der Waals surface area contributed by atoms with Gasteiger partial charge in [-0.3, -0.25) is 4.98 Å². The molecule has 3 nitrogen and oxygen atoms in total. The van der Waals surface area contributed by atoms with Gasteiger partial charge in [-0.25, -0.2) is 0 Å². The molecule has 0 spiro atoms. The Morgan fingerprint density at radius 2 is 1.32 bits per heavy atom. The topological polar surface area (TPSA) is 31.4 Å². The summed E-state index contributed by atoms with van der Waals surface area (Å²) < 4.78 is 10.5. The Morgan fingerprint density at radius 1 is 0.682 bits per heavy atom. The molecule has 0 bridgehead atoms. The summed E-state index contributed by atoms with van der Waals surface area (Å²) >= 11 is 0. The number of rotatable bonds is 4. The van der Waals surface area contributed by atoms with Crippen LogP contribution in [-0.4, -0.2) is 19.2 Å². The Morgan fingerprint density at radius 3 is 1.91 bits per heavy atom. The van der Waals surface area contributed by atoms with Gasteiger partial charge in [0, 0.05) is 17.3 Å². The van der Waals surface area contributed by atoms with Crippen molar-refractivity contribution in [2.75, 3.05) is 14.2 Å². The first kappa shape index (κ1) is 14.1. The Hall–Kier alpha value is -2.81. The van der Waals surface area contributed by atoms with E-state index < -0.39 is 0 Å². The van der Waals surface area contributed by atoms with Crippen molar-refractivity contribution in [3.63, 3.8) is 0 Å². The minimum Gasteiger partial charge on any atom is -0.497 e. The summed E-state index contributed by atoms with van der Waals surface area (Å²) in [5, 5.41) is 0. The highest BCUT2D eigenvalue weighted by molar-refractivity contribution is 5.68. The molecule has 0 N–H and O–H groups in total. The zero-order valence-corrected chi connectivity index (χ0v) is 12.6. The highest BCUT2D eigenvalue weighted by atomic mass is 16.5. The number of hydrogen-bond donors (Lipinski definition) is 0. The van der Waals surface area contributed by atoms with Crippen LogP contribution in [0.5, 0.6) is 11.5 Å². The van der Waals surface area contributed by atoms with Gasteiger partial charge in [-0.15, -0.1) is 0 Å². The third kappa shape index (κ3) is 2.93. The number of pyridine rings is 1. The van der Waals surface area contributed by atoms with Gasteiger partial charge in [0.1, 0.15) is 11.5 Å². The lowest BCUT2D eigenvalue weighted by molar-refractivity contribution is 0.415. The van der Waals surface area contributed by atoms with Crippen LogP contribution in [0.15, 0.2) is 66.9 Å². The molecule has 3 rings (SSSR count). The second kappa shape index (κ2) is 6.31. The minimum absolute atomic E-state index is 0.830. The van der Waals surface area contributed by atoms with E-state index in [1.54, 1.807) is 14.2 Å². The molecule has 0 atom stereocenters. The van der Waals surface area contributed by atoms with Gasteiger partial charge in [-0.05, 0) is 35.9 Å². The number of ether oxygens (including phenoxy) is 2. The maximum Gasteiger partial charge on any atom is 0.119 e. The van der Waals surface area contributed by atoms with Gasteiger partial charge in [0.05, 0.1) is 19.9 Å². The zero-order valence-electron chi connectivity index (χ0n) is 12.6. The first-order valence-corrected chi connectivity index (χ1v) is 7.05. The van der Waals surface area contributed by atoms with Gasteiger partial charge in [0.15, 0.2) is 0 Å². The minimum atomic E-state index is 0.830. The summed E-state index contributed by atoms with van der Waals surface area (Å²) in [5.74, 6) is 1.67. The van der Waals surface area contributed by atoms with Crippen LogP contribution < -0.4 is 9.47 Å². The number of methoxy groups -OCH3 is 2. The normalized spacial score (nSPS) is 10.3. The highest BCUT2D eigenvalue weighted by Crippen LogP contribution is 2.26. The Balaban J connectivity index is 1.91. The third-order valence-corrected chi connectivity index (χ3v) is 3.53. The molecule has 3 aromatic rings. The van der Waals surface area contributed by atoms with E-state index in [2.05, 4.69) is 11.1 Å². The summed E-state index contributed by atoms with van der Waals surface area (Å²) in [6.45, 7) is 0. The first-order valence-electron chi connectivity index (χ1n) is 7.05. The van der Waals surface area contributed by atoms with Crippen LogP contribution in [-0.2, 0) is 0 Å². The van der Waals surface area contributed by atoms with Gasteiger partial charge in [0.2, 0.25) is 0 Å². The molecule has 0 saturated carbocycles. The van der Waals surface area contributed by atoms with Crippen molar-refractivity contribution >= 4 is 0 Å². The lowest BCUT2D eigenvalue weighted by Gasteiger charge is -2.07. The van der Waals surface area contributed by atoms with E-state index >= 15 is 0 Å². The summed E-state index contributed by atoms with van der Waals surface area (Å²) in [6, 6.07) is 19.9. The fourth-order valence-corrected chi connectivity index (χ4v) is 2.32. The average Bonchev–Trinajstić information content (AvgIpc) is 2.62. The van der Waals surface area contributed by atoms with Crippen molar-refractivity contribution in [3.8, 4) is 33.9 Å². The molecule has 1 heterocycles. The fraction of sp³-hybridized carbons (Fsp3) is 0.105. The number of aromatic nitrogens is 1. The largest absolute Gasteiger partial charge is 0.497 e. The maximum atomic E-state index is 5.26. The van der Waals surface area contributed by atoms with E-state index in [-0.39, 0.29) is 0 Å². The van der Waals surface area contributed by atoms with E-state index in [0.717, 1.165) is 33.9 Å². The number of nitrogens with zero attached hydrogens (tertiary/aromatic N) is 1. The molecule has 0 unspecified atom stereocenters. The number of benzene rings is 2. The van der Waals surface area contributed by atoms with Crippen LogP contribution in [0, 0.1) is 0 Å². The van der Waals surface area contributed by atoms with Gasteiger partial charge < -0.3 is 9.47 Å². The first-order chi connectivity index (χ1) is 10.8. The molecule has 3 heteroatoms. The van der Waals surface area contributed by atoms with Gasteiger partial charge >= 0.3 is 0 Å². The number of hydrogen-bond acceptors (Lipinski definition) is 3. The summed E-state index contributed by atoms with van der Waals surface area (Å²) in [6.07, 6.45) is 1.88. The second-order valence-electron chi connectivity index (χ2n) is 4.90. The highest BCUT2D eigenvalue weighted by Gasteiger charge is 2.04. The molecule has 1 aromatic heterocycles. The van der Waals surface area contributed by atoms with Gasteiger partial charge in [-0.1, -0.05) is 30.3 Å². The molecule has 0 amide bonds. The summed E-state index contributed by atoms with van der Waals surface area (Å²) in [4.78, 5) is 4.56. The van der Waals surface area contributed by atoms with Crippen LogP contribution in [0.4, 0.5) is 0 Å². The molecule has 0 aliphatic heterocycles. The van der Waals surface area contributed by atoms with Crippen molar-refractivity contribution in [1.82, 2.24) is 4.98 Å². The molecule has 22 heavy (non-hydrogen) atoms. The van der Waals surface area contributed by atoms with E-state index in [1.807, 2.05) is 60.8 Å². The quantitative estimate of drug-likeness (QED) is 0.712. The summed E-state index contributed by atoms with van der Waals surface area (Å²) in [5.41, 5.74) is 4.11. The van der Waals surface area contributed by atoms with Crippen LogP contribution in [0.3, 0.4) is 0 Å². The van der Waals surface area contributed by atoms with Crippen molar-refractivity contribution in [2.24, 2.45) is 0 Å². The van der Waals surface area contributed by atoms with Crippen LogP contribution in [0.25, 0.3) is 22.4 Å². The van der Waals surface area contributed by atoms with Crippen molar-refractivity contribution in [3.05, 3.63) is 66.9 Å². The van der Waals surface area contributed by atoms with E-state index in [9.17, 15) is 0 Å². The molecule has 0 radical (unpaired) electrons. The molecule has 110 valence electrons. The lowest BCUT2D eigenvalue weighted by atomic mass is 10.1. The SMILES string of the molecule is COc1cccc(-c2ccc(-c3cccc(OC)c3)nc2)c1. The van der Waals surface area contributed by atoms with Gasteiger partial charge in [-0.2, -0.15) is 0 Å². The Labute approximate surface area is 130 Å². The third-order valence-electron chi connectivity index (χ3n) is 3.53. The Bertz CT molecular complexity index is 700. The van der Waals surface area contributed by atoms with Gasteiger partial charge in [0.25, 0.3) is 0 Å². The maximum absolute atomic E-state index is 5.26. The van der Waals surface area contributed by atoms with E-state index in [0.29, 0.717) is 0 Å². The van der Waals surface area contributed by atoms with Crippen LogP contribution in [0.1, 0.15) is 0 Å². The predicted octanol–water partition coefficient (Wildman–Crippen LogP) is 4.43. The van der Waals surface area contributed by atoms with Crippen LogP contribution >= 0.6 is 0 Å². The van der Waals surface area contributed by atoms with Crippen molar-refractivity contribution in [1.29, 1.82) is 0 Å². The monoisotopic (exact) mass is 291 g/mol. The Kier molecular flexibility index (Phi) is 4.05. The average molecular weight is 291 g/mol.